The lowest BCUT2D eigenvalue weighted by Crippen LogP contribution is -2.51. The number of hydrogen-bond donors (Lipinski definition) is 0. The Morgan fingerprint density at radius 2 is 1.86 bits per heavy atom. The fourth-order valence-electron chi connectivity index (χ4n) is 2.25. The Balaban J connectivity index is 2.94. The normalized spacial score (nSPS) is 28.2. The standard InChI is InChI=1S/C14H19IO7/c1-8(16)20-12-6-10(7-13(18)19-3)22-11(4-5-15)14(12)21-9(2)17/h4-5,10-12,14H,6-7H2,1-3H3/b5-4+/t10-,11-,12-,14-/m1/s1. The molecule has 1 rings (SSSR count). The molecule has 1 fully saturated rings. The van der Waals surface area contributed by atoms with E-state index >= 15 is 0 Å². The maximum Gasteiger partial charge on any atom is 0.308 e. The average Bonchev–Trinajstić information content (AvgIpc) is 2.41. The van der Waals surface area contributed by atoms with Crippen LogP contribution in [0.4, 0.5) is 0 Å². The molecule has 0 N–H and O–H groups in total. The summed E-state index contributed by atoms with van der Waals surface area (Å²) < 4.78 is 22.6. The Bertz CT molecular complexity index is 448. The molecule has 0 spiro atoms. The van der Waals surface area contributed by atoms with E-state index in [9.17, 15) is 14.4 Å². The van der Waals surface area contributed by atoms with Gasteiger partial charge >= 0.3 is 17.9 Å². The first-order chi connectivity index (χ1) is 10.4. The summed E-state index contributed by atoms with van der Waals surface area (Å²) in [5, 5.41) is 0. The third-order valence-corrected chi connectivity index (χ3v) is 3.45. The van der Waals surface area contributed by atoms with Crippen LogP contribution in [0.5, 0.6) is 0 Å². The van der Waals surface area contributed by atoms with E-state index in [4.69, 9.17) is 14.2 Å². The van der Waals surface area contributed by atoms with Crippen molar-refractivity contribution in [2.75, 3.05) is 7.11 Å². The molecule has 1 heterocycles. The summed E-state index contributed by atoms with van der Waals surface area (Å²) in [5.74, 6) is -1.41. The second-order valence-electron chi connectivity index (χ2n) is 4.78. The maximum absolute atomic E-state index is 11.4. The van der Waals surface area contributed by atoms with Gasteiger partial charge in [0.05, 0.1) is 19.6 Å². The Morgan fingerprint density at radius 1 is 1.23 bits per heavy atom. The van der Waals surface area contributed by atoms with Gasteiger partial charge in [0.1, 0.15) is 12.2 Å². The number of ether oxygens (including phenoxy) is 4. The molecule has 1 aliphatic heterocycles. The first-order valence-electron chi connectivity index (χ1n) is 6.71. The van der Waals surface area contributed by atoms with Crippen LogP contribution in [-0.4, -0.2) is 49.4 Å². The third-order valence-electron chi connectivity index (χ3n) is 3.04. The summed E-state index contributed by atoms with van der Waals surface area (Å²) in [6.07, 6.45) is -0.544. The third kappa shape index (κ3) is 5.91. The van der Waals surface area contributed by atoms with Crippen molar-refractivity contribution in [3.8, 4) is 0 Å². The van der Waals surface area contributed by atoms with Gasteiger partial charge < -0.3 is 18.9 Å². The van der Waals surface area contributed by atoms with Gasteiger partial charge in [-0.1, -0.05) is 22.6 Å². The molecule has 7 nitrogen and oxygen atoms in total. The molecule has 1 aliphatic rings. The number of halogens is 1. The summed E-state index contributed by atoms with van der Waals surface area (Å²) >= 11 is 2.01. The van der Waals surface area contributed by atoms with Crippen molar-refractivity contribution in [1.82, 2.24) is 0 Å². The van der Waals surface area contributed by atoms with Gasteiger partial charge in [0.2, 0.25) is 0 Å². The van der Waals surface area contributed by atoms with Crippen molar-refractivity contribution in [2.24, 2.45) is 0 Å². The van der Waals surface area contributed by atoms with Crippen molar-refractivity contribution in [3.05, 3.63) is 10.2 Å². The van der Waals surface area contributed by atoms with Crippen molar-refractivity contribution in [3.63, 3.8) is 0 Å². The molecule has 4 atom stereocenters. The van der Waals surface area contributed by atoms with Crippen LogP contribution >= 0.6 is 22.6 Å². The molecule has 0 saturated carbocycles. The fourth-order valence-corrected chi connectivity index (χ4v) is 2.66. The van der Waals surface area contributed by atoms with Gasteiger partial charge in [-0.05, 0) is 10.2 Å². The lowest BCUT2D eigenvalue weighted by Gasteiger charge is -2.39. The lowest BCUT2D eigenvalue weighted by molar-refractivity contribution is -0.200. The van der Waals surface area contributed by atoms with E-state index in [0.717, 1.165) is 0 Å². The topological polar surface area (TPSA) is 88.1 Å². The van der Waals surface area contributed by atoms with E-state index < -0.39 is 42.3 Å². The summed E-state index contributed by atoms with van der Waals surface area (Å²) in [6.45, 7) is 2.55. The number of rotatable bonds is 5. The zero-order valence-electron chi connectivity index (χ0n) is 12.6. The molecular formula is C14H19IO7. The van der Waals surface area contributed by atoms with Gasteiger partial charge in [-0.25, -0.2) is 0 Å². The quantitative estimate of drug-likeness (QED) is 0.374. The second-order valence-corrected chi connectivity index (χ2v) is 5.50. The minimum absolute atomic E-state index is 0.0344. The van der Waals surface area contributed by atoms with E-state index in [2.05, 4.69) is 4.74 Å². The van der Waals surface area contributed by atoms with Crippen molar-refractivity contribution < 1.29 is 33.3 Å². The number of hydrogen-bond acceptors (Lipinski definition) is 7. The van der Waals surface area contributed by atoms with Gasteiger partial charge in [-0.2, -0.15) is 0 Å². The molecule has 0 aromatic carbocycles. The number of esters is 3. The summed E-state index contributed by atoms with van der Waals surface area (Å²) in [5.41, 5.74) is 0. The van der Waals surface area contributed by atoms with Crippen LogP contribution in [0.1, 0.15) is 26.7 Å². The summed E-state index contributed by atoms with van der Waals surface area (Å²) in [7, 11) is 1.29. The van der Waals surface area contributed by atoms with Crippen LogP contribution in [0.2, 0.25) is 0 Å². The highest BCUT2D eigenvalue weighted by Crippen LogP contribution is 2.28. The predicted octanol–water partition coefficient (Wildman–Crippen LogP) is 1.52. The molecule has 0 unspecified atom stereocenters. The molecular weight excluding hydrogens is 407 g/mol. The Labute approximate surface area is 142 Å². The first-order valence-corrected chi connectivity index (χ1v) is 7.95. The van der Waals surface area contributed by atoms with Gasteiger partial charge in [-0.15, -0.1) is 0 Å². The Hall–Kier alpha value is -1.16. The van der Waals surface area contributed by atoms with Gasteiger partial charge in [0.25, 0.3) is 0 Å². The molecule has 1 saturated heterocycles. The van der Waals surface area contributed by atoms with Gasteiger partial charge in [0, 0.05) is 20.3 Å². The van der Waals surface area contributed by atoms with Crippen LogP contribution in [0.15, 0.2) is 10.2 Å². The van der Waals surface area contributed by atoms with E-state index in [-0.39, 0.29) is 12.8 Å². The molecule has 0 aromatic rings. The molecule has 0 bridgehead atoms. The molecule has 0 aliphatic carbocycles. The van der Waals surface area contributed by atoms with Gasteiger partial charge in [-0.3, -0.25) is 14.4 Å². The highest BCUT2D eigenvalue weighted by atomic mass is 127. The van der Waals surface area contributed by atoms with E-state index in [1.54, 1.807) is 10.2 Å². The maximum atomic E-state index is 11.4. The van der Waals surface area contributed by atoms with Crippen LogP contribution in [0, 0.1) is 0 Å². The zero-order valence-corrected chi connectivity index (χ0v) is 14.8. The van der Waals surface area contributed by atoms with Crippen LogP contribution < -0.4 is 0 Å². The molecule has 124 valence electrons. The monoisotopic (exact) mass is 426 g/mol. The number of carbonyl (C=O) groups is 3. The average molecular weight is 426 g/mol. The van der Waals surface area contributed by atoms with Crippen LogP contribution in [-0.2, 0) is 33.3 Å². The predicted molar refractivity (Wildman–Crippen MR) is 84.2 cm³/mol. The number of methoxy groups -OCH3 is 1. The van der Waals surface area contributed by atoms with E-state index in [1.165, 1.54) is 21.0 Å². The highest BCUT2D eigenvalue weighted by molar-refractivity contribution is 14.1. The Morgan fingerprint density at radius 3 is 2.36 bits per heavy atom. The summed E-state index contributed by atoms with van der Waals surface area (Å²) in [6, 6.07) is 0. The molecule has 0 radical (unpaired) electrons. The highest BCUT2D eigenvalue weighted by Gasteiger charge is 2.42. The van der Waals surface area contributed by atoms with E-state index in [0.29, 0.717) is 0 Å². The van der Waals surface area contributed by atoms with Crippen LogP contribution in [0.3, 0.4) is 0 Å². The molecule has 22 heavy (non-hydrogen) atoms. The van der Waals surface area contributed by atoms with Gasteiger partial charge in [0.15, 0.2) is 6.10 Å². The lowest BCUT2D eigenvalue weighted by atomic mass is 9.95. The van der Waals surface area contributed by atoms with Crippen LogP contribution in [0.25, 0.3) is 0 Å². The van der Waals surface area contributed by atoms with Crippen molar-refractivity contribution >= 4 is 40.5 Å². The van der Waals surface area contributed by atoms with E-state index in [1.807, 2.05) is 22.6 Å². The number of carbonyl (C=O) groups excluding carboxylic acids is 3. The van der Waals surface area contributed by atoms with Crippen molar-refractivity contribution in [2.45, 2.75) is 51.1 Å². The minimum Gasteiger partial charge on any atom is -0.469 e. The largest absolute Gasteiger partial charge is 0.469 e. The molecule has 8 heteroatoms. The summed E-state index contributed by atoms with van der Waals surface area (Å²) in [4.78, 5) is 34.0. The second kappa shape index (κ2) is 9.09. The van der Waals surface area contributed by atoms with Crippen molar-refractivity contribution in [1.29, 1.82) is 0 Å². The minimum atomic E-state index is -0.749. The zero-order chi connectivity index (χ0) is 16.7. The first kappa shape index (κ1) is 18.9. The molecule has 0 amide bonds. The smallest absolute Gasteiger partial charge is 0.308 e. The Kier molecular flexibility index (Phi) is 7.80. The fraction of sp³-hybridized carbons (Fsp3) is 0.643. The molecule has 0 aromatic heterocycles. The SMILES string of the molecule is COC(=O)C[C@H]1C[C@@H](OC(C)=O)[C@H](OC(C)=O)[C@@H](/C=C/I)O1.